The van der Waals surface area contributed by atoms with Gasteiger partial charge in [-0.1, -0.05) is 19.1 Å². The minimum Gasteiger partial charge on any atom is -0.428 e. The fourth-order valence-electron chi connectivity index (χ4n) is 0.935. The second-order valence-electron chi connectivity index (χ2n) is 2.63. The van der Waals surface area contributed by atoms with Crippen LogP contribution < -0.4 is 4.74 Å². The maximum atomic E-state index is 12.3. The van der Waals surface area contributed by atoms with Crippen LogP contribution in [0.5, 0.6) is 5.75 Å². The Kier molecular flexibility index (Phi) is 3.56. The second-order valence-corrected chi connectivity index (χ2v) is 2.63. The van der Waals surface area contributed by atoms with Gasteiger partial charge in [-0.2, -0.15) is 13.2 Å². The van der Waals surface area contributed by atoms with E-state index in [0.717, 1.165) is 12.0 Å². The lowest BCUT2D eigenvalue weighted by atomic mass is 10.2. The first-order valence-corrected chi connectivity index (χ1v) is 4.11. The number of ether oxygens (including phenoxy) is 1. The molecule has 0 amide bonds. The average molecular weight is 202 g/mol. The van der Waals surface area contributed by atoms with Gasteiger partial charge in [-0.05, 0) is 24.1 Å². The summed E-state index contributed by atoms with van der Waals surface area (Å²) in [4.78, 5) is 0. The number of aryl methyl sites for hydroxylation is 1. The Hall–Kier alpha value is -1.45. The van der Waals surface area contributed by atoms with Gasteiger partial charge in [0.25, 0.3) is 0 Å². The van der Waals surface area contributed by atoms with E-state index < -0.39 is 12.1 Å². The van der Waals surface area contributed by atoms with Crippen LogP contribution in [0.4, 0.5) is 13.2 Å². The zero-order valence-electron chi connectivity index (χ0n) is 7.56. The van der Waals surface area contributed by atoms with Crippen molar-refractivity contribution in [3.8, 4) is 5.75 Å². The third kappa shape index (κ3) is 2.80. The highest BCUT2D eigenvalue weighted by atomic mass is 19.3. The molecule has 0 saturated carbocycles. The van der Waals surface area contributed by atoms with Gasteiger partial charge in [0.1, 0.15) is 5.75 Å². The molecule has 0 atom stereocenters. The molecular formula is C10H9F3O. The molecule has 4 heteroatoms. The lowest BCUT2D eigenvalue weighted by Gasteiger charge is -2.02. The van der Waals surface area contributed by atoms with E-state index in [-0.39, 0.29) is 5.75 Å². The molecule has 0 fully saturated rings. The first kappa shape index (κ1) is 10.6. The normalized spacial score (nSPS) is 9.71. The van der Waals surface area contributed by atoms with Crippen LogP contribution in [0.2, 0.25) is 0 Å². The monoisotopic (exact) mass is 202 g/mol. The number of benzene rings is 1. The van der Waals surface area contributed by atoms with Gasteiger partial charge < -0.3 is 4.74 Å². The van der Waals surface area contributed by atoms with Crippen molar-refractivity contribution in [1.82, 2.24) is 0 Å². The molecule has 1 aromatic rings. The number of hydrogen-bond donors (Lipinski definition) is 0. The summed E-state index contributed by atoms with van der Waals surface area (Å²) in [5.41, 5.74) is 1.03. The van der Waals surface area contributed by atoms with Crippen LogP contribution in [0.1, 0.15) is 12.5 Å². The molecule has 0 spiro atoms. The molecular weight excluding hydrogens is 193 g/mol. The van der Waals surface area contributed by atoms with Gasteiger partial charge in [0.15, 0.2) is 0 Å². The van der Waals surface area contributed by atoms with E-state index >= 15 is 0 Å². The molecule has 0 bridgehead atoms. The second kappa shape index (κ2) is 4.69. The highest BCUT2D eigenvalue weighted by molar-refractivity contribution is 5.28. The molecule has 0 aliphatic rings. The minimum absolute atomic E-state index is 0.0625. The molecule has 0 heterocycles. The zero-order chi connectivity index (χ0) is 10.6. The highest BCUT2D eigenvalue weighted by Crippen LogP contribution is 2.18. The van der Waals surface area contributed by atoms with Gasteiger partial charge in [-0.15, -0.1) is 0 Å². The van der Waals surface area contributed by atoms with Crippen LogP contribution in [0.3, 0.4) is 0 Å². The van der Waals surface area contributed by atoms with E-state index in [0.29, 0.717) is 0 Å². The van der Waals surface area contributed by atoms with Crippen molar-refractivity contribution in [3.63, 3.8) is 0 Å². The summed E-state index contributed by atoms with van der Waals surface area (Å²) < 4.78 is 39.8. The Bertz CT molecular complexity index is 326. The first-order valence-electron chi connectivity index (χ1n) is 4.11. The minimum atomic E-state index is -2.45. The quantitative estimate of drug-likeness (QED) is 0.679. The Morgan fingerprint density at radius 1 is 1.14 bits per heavy atom. The van der Waals surface area contributed by atoms with Gasteiger partial charge >= 0.3 is 12.1 Å². The molecule has 0 aromatic heterocycles. The molecule has 1 nitrogen and oxygen atoms in total. The van der Waals surface area contributed by atoms with Crippen LogP contribution in [0.25, 0.3) is 0 Å². The van der Waals surface area contributed by atoms with Gasteiger partial charge in [0.2, 0.25) is 0 Å². The maximum Gasteiger partial charge on any atom is 0.344 e. The van der Waals surface area contributed by atoms with Crippen molar-refractivity contribution in [2.45, 2.75) is 13.3 Å². The number of halogens is 3. The van der Waals surface area contributed by atoms with E-state index in [2.05, 4.69) is 4.74 Å². The molecule has 1 rings (SSSR count). The topological polar surface area (TPSA) is 9.23 Å². The number of hydrogen-bond acceptors (Lipinski definition) is 1. The third-order valence-electron chi connectivity index (χ3n) is 1.69. The van der Waals surface area contributed by atoms with Crippen LogP contribution in [0, 0.1) is 0 Å². The van der Waals surface area contributed by atoms with Crippen molar-refractivity contribution in [2.24, 2.45) is 0 Å². The van der Waals surface area contributed by atoms with E-state index in [9.17, 15) is 13.2 Å². The van der Waals surface area contributed by atoms with Crippen molar-refractivity contribution in [1.29, 1.82) is 0 Å². The van der Waals surface area contributed by atoms with E-state index in [1.807, 2.05) is 6.92 Å². The molecule has 0 aliphatic heterocycles. The lowest BCUT2D eigenvalue weighted by molar-refractivity contribution is 0.241. The molecule has 0 N–H and O–H groups in total. The predicted octanol–water partition coefficient (Wildman–Crippen LogP) is 3.66. The van der Waals surface area contributed by atoms with Gasteiger partial charge in [-0.3, -0.25) is 0 Å². The van der Waals surface area contributed by atoms with Crippen molar-refractivity contribution in [2.75, 3.05) is 0 Å². The average Bonchev–Trinajstić information content (AvgIpc) is 2.19. The van der Waals surface area contributed by atoms with Crippen molar-refractivity contribution >= 4 is 0 Å². The Morgan fingerprint density at radius 2 is 1.71 bits per heavy atom. The summed E-state index contributed by atoms with van der Waals surface area (Å²) in [7, 11) is 0. The third-order valence-corrected chi connectivity index (χ3v) is 1.69. The Morgan fingerprint density at radius 3 is 2.14 bits per heavy atom. The van der Waals surface area contributed by atoms with Crippen LogP contribution in [-0.2, 0) is 6.42 Å². The van der Waals surface area contributed by atoms with Gasteiger partial charge in [0, 0.05) is 0 Å². The summed E-state index contributed by atoms with van der Waals surface area (Å²) in [5, 5.41) is 0. The molecule has 1 aromatic carbocycles. The lowest BCUT2D eigenvalue weighted by Crippen LogP contribution is -1.90. The highest BCUT2D eigenvalue weighted by Gasteiger charge is 2.06. The molecule has 0 radical (unpaired) electrons. The SMILES string of the molecule is CCc1ccc(OC(F)=C(F)F)cc1. The predicted molar refractivity (Wildman–Crippen MR) is 46.8 cm³/mol. The van der Waals surface area contributed by atoms with E-state index in [1.165, 1.54) is 12.1 Å². The summed E-state index contributed by atoms with van der Waals surface area (Å²) in [6.45, 7) is 1.96. The molecule has 0 aliphatic carbocycles. The van der Waals surface area contributed by atoms with E-state index in [1.54, 1.807) is 12.1 Å². The largest absolute Gasteiger partial charge is 0.428 e. The van der Waals surface area contributed by atoms with Crippen LogP contribution in [0.15, 0.2) is 36.4 Å². The fourth-order valence-corrected chi connectivity index (χ4v) is 0.935. The molecule has 76 valence electrons. The van der Waals surface area contributed by atoms with Crippen LogP contribution >= 0.6 is 0 Å². The summed E-state index contributed by atoms with van der Waals surface area (Å²) in [6.07, 6.45) is -1.62. The maximum absolute atomic E-state index is 12.3. The smallest absolute Gasteiger partial charge is 0.344 e. The molecule has 0 unspecified atom stereocenters. The Labute approximate surface area is 79.8 Å². The Balaban J connectivity index is 2.74. The van der Waals surface area contributed by atoms with Gasteiger partial charge in [-0.25, -0.2) is 0 Å². The fraction of sp³-hybridized carbons (Fsp3) is 0.200. The summed E-state index contributed by atoms with van der Waals surface area (Å²) in [5.74, 6) is 0.0625. The summed E-state index contributed by atoms with van der Waals surface area (Å²) in [6, 6.07) is 4.43. The summed E-state index contributed by atoms with van der Waals surface area (Å²) >= 11 is 0. The van der Waals surface area contributed by atoms with Crippen molar-refractivity contribution < 1.29 is 17.9 Å². The molecule has 0 saturated heterocycles. The first-order chi connectivity index (χ1) is 6.63. The van der Waals surface area contributed by atoms with Gasteiger partial charge in [0.05, 0.1) is 0 Å². The van der Waals surface area contributed by atoms with Crippen molar-refractivity contribution in [3.05, 3.63) is 41.9 Å². The molecule has 14 heavy (non-hydrogen) atoms. The van der Waals surface area contributed by atoms with Crippen LogP contribution in [-0.4, -0.2) is 0 Å². The standard InChI is InChI=1S/C10H9F3O/c1-2-7-3-5-8(6-4-7)14-10(13)9(11)12/h3-6H,2H2,1H3. The van der Waals surface area contributed by atoms with E-state index in [4.69, 9.17) is 0 Å². The number of rotatable bonds is 3. The zero-order valence-corrected chi connectivity index (χ0v) is 7.56.